The molecular weight excluding hydrogens is 268 g/mol. The molecule has 0 spiro atoms. The van der Waals surface area contributed by atoms with E-state index in [2.05, 4.69) is 21.6 Å². The summed E-state index contributed by atoms with van der Waals surface area (Å²) in [6, 6.07) is 6.32. The molecule has 1 aromatic heterocycles. The minimum atomic E-state index is 0.147. The van der Waals surface area contributed by atoms with Crippen LogP contribution in [0.2, 0.25) is 0 Å². The predicted octanol–water partition coefficient (Wildman–Crippen LogP) is 2.87. The number of rotatable bonds is 3. The molecule has 0 bridgehead atoms. The van der Waals surface area contributed by atoms with Crippen LogP contribution in [0.1, 0.15) is 36.2 Å². The zero-order chi connectivity index (χ0) is 13.8. The standard InChI is InChI=1S/C16H22N2OS/c19-16(15-5-1-2-8-17-15)13-4-3-9-18(12-13)14-6-10-20-11-7-14/h1-2,5,8,13-14H,3-4,6-7,9-12H2. The molecule has 2 aliphatic rings. The first-order valence-electron chi connectivity index (χ1n) is 7.61. The van der Waals surface area contributed by atoms with Crippen LogP contribution in [-0.2, 0) is 0 Å². The van der Waals surface area contributed by atoms with Crippen LogP contribution in [0.25, 0.3) is 0 Å². The zero-order valence-corrected chi connectivity index (χ0v) is 12.6. The monoisotopic (exact) mass is 290 g/mol. The number of likely N-dealkylation sites (tertiary alicyclic amines) is 1. The summed E-state index contributed by atoms with van der Waals surface area (Å²) in [7, 11) is 0. The molecule has 2 fully saturated rings. The largest absolute Gasteiger partial charge is 0.300 e. The summed E-state index contributed by atoms with van der Waals surface area (Å²) in [5, 5.41) is 0. The molecule has 4 heteroatoms. The van der Waals surface area contributed by atoms with E-state index in [0.717, 1.165) is 19.4 Å². The van der Waals surface area contributed by atoms with E-state index in [9.17, 15) is 4.79 Å². The highest BCUT2D eigenvalue weighted by atomic mass is 32.2. The molecule has 20 heavy (non-hydrogen) atoms. The fourth-order valence-corrected chi connectivity index (χ4v) is 4.40. The maximum Gasteiger partial charge on any atom is 0.185 e. The van der Waals surface area contributed by atoms with Gasteiger partial charge in [-0.25, -0.2) is 0 Å². The quantitative estimate of drug-likeness (QED) is 0.802. The van der Waals surface area contributed by atoms with Gasteiger partial charge in [-0.2, -0.15) is 11.8 Å². The molecule has 0 aliphatic carbocycles. The molecule has 0 aromatic carbocycles. The highest BCUT2D eigenvalue weighted by Gasteiger charge is 2.31. The van der Waals surface area contributed by atoms with E-state index in [1.807, 2.05) is 18.2 Å². The first-order valence-corrected chi connectivity index (χ1v) is 8.77. The van der Waals surface area contributed by atoms with Crippen LogP contribution in [0.3, 0.4) is 0 Å². The molecule has 3 nitrogen and oxygen atoms in total. The fraction of sp³-hybridized carbons (Fsp3) is 0.625. The number of pyridine rings is 1. The molecular formula is C16H22N2OS. The minimum absolute atomic E-state index is 0.147. The second-order valence-corrected chi connectivity index (χ2v) is 6.98. The molecule has 1 unspecified atom stereocenters. The molecule has 2 aliphatic heterocycles. The lowest BCUT2D eigenvalue weighted by molar-refractivity contribution is 0.0736. The second-order valence-electron chi connectivity index (χ2n) is 5.76. The summed E-state index contributed by atoms with van der Waals surface area (Å²) < 4.78 is 0. The van der Waals surface area contributed by atoms with Crippen LogP contribution >= 0.6 is 11.8 Å². The van der Waals surface area contributed by atoms with Gasteiger partial charge in [-0.1, -0.05) is 6.07 Å². The van der Waals surface area contributed by atoms with Gasteiger partial charge in [-0.15, -0.1) is 0 Å². The molecule has 1 aromatic rings. The SMILES string of the molecule is O=C(c1ccccn1)C1CCCN(C2CCSCC2)C1. The summed E-state index contributed by atoms with van der Waals surface area (Å²) in [5.74, 6) is 2.94. The Hall–Kier alpha value is -0.870. The van der Waals surface area contributed by atoms with Gasteiger partial charge in [0.25, 0.3) is 0 Å². The average molecular weight is 290 g/mol. The first kappa shape index (κ1) is 14.1. The molecule has 0 radical (unpaired) electrons. The van der Waals surface area contributed by atoms with E-state index in [1.165, 1.54) is 30.9 Å². The van der Waals surface area contributed by atoms with Gasteiger partial charge in [0.15, 0.2) is 5.78 Å². The van der Waals surface area contributed by atoms with Gasteiger partial charge in [0.2, 0.25) is 0 Å². The Morgan fingerprint density at radius 3 is 2.85 bits per heavy atom. The molecule has 1 atom stereocenters. The van der Waals surface area contributed by atoms with Crippen molar-refractivity contribution >= 4 is 17.5 Å². The summed E-state index contributed by atoms with van der Waals surface area (Å²) in [6.07, 6.45) is 6.46. The van der Waals surface area contributed by atoms with E-state index in [0.29, 0.717) is 11.7 Å². The average Bonchev–Trinajstić information content (AvgIpc) is 2.56. The molecule has 0 saturated carbocycles. The van der Waals surface area contributed by atoms with E-state index >= 15 is 0 Å². The molecule has 3 heterocycles. The van der Waals surface area contributed by atoms with Crippen molar-refractivity contribution in [3.05, 3.63) is 30.1 Å². The Morgan fingerprint density at radius 1 is 1.25 bits per heavy atom. The van der Waals surface area contributed by atoms with Gasteiger partial charge in [0.05, 0.1) is 0 Å². The van der Waals surface area contributed by atoms with Crippen LogP contribution in [0.4, 0.5) is 0 Å². The van der Waals surface area contributed by atoms with E-state index in [4.69, 9.17) is 0 Å². The number of ketones is 1. The summed E-state index contributed by atoms with van der Waals surface area (Å²) in [5.41, 5.74) is 0.638. The van der Waals surface area contributed by atoms with Crippen molar-refractivity contribution in [3.63, 3.8) is 0 Å². The number of carbonyl (C=O) groups excluding carboxylic acids is 1. The fourth-order valence-electron chi connectivity index (χ4n) is 3.32. The number of aromatic nitrogens is 1. The van der Waals surface area contributed by atoms with Crippen molar-refractivity contribution in [2.75, 3.05) is 24.6 Å². The van der Waals surface area contributed by atoms with Gasteiger partial charge in [0, 0.05) is 24.7 Å². The molecule has 0 N–H and O–H groups in total. The van der Waals surface area contributed by atoms with Crippen LogP contribution in [0.15, 0.2) is 24.4 Å². The lowest BCUT2D eigenvalue weighted by Gasteiger charge is -2.39. The van der Waals surface area contributed by atoms with Gasteiger partial charge >= 0.3 is 0 Å². The van der Waals surface area contributed by atoms with Crippen LogP contribution in [0.5, 0.6) is 0 Å². The van der Waals surface area contributed by atoms with Crippen LogP contribution in [0, 0.1) is 5.92 Å². The summed E-state index contributed by atoms with van der Waals surface area (Å²) in [6.45, 7) is 2.10. The van der Waals surface area contributed by atoms with Crippen LogP contribution < -0.4 is 0 Å². The smallest absolute Gasteiger partial charge is 0.185 e. The summed E-state index contributed by atoms with van der Waals surface area (Å²) >= 11 is 2.06. The molecule has 0 amide bonds. The number of thioether (sulfide) groups is 1. The first-order chi connectivity index (χ1) is 9.84. The second kappa shape index (κ2) is 6.72. The van der Waals surface area contributed by atoms with Crippen molar-refractivity contribution in [2.24, 2.45) is 5.92 Å². The lowest BCUT2D eigenvalue weighted by atomic mass is 9.90. The highest BCUT2D eigenvalue weighted by Crippen LogP contribution is 2.27. The van der Waals surface area contributed by atoms with Gasteiger partial charge in [0.1, 0.15) is 5.69 Å². The Labute approximate surface area is 125 Å². The van der Waals surface area contributed by atoms with Gasteiger partial charge < -0.3 is 0 Å². The topological polar surface area (TPSA) is 33.2 Å². The van der Waals surface area contributed by atoms with E-state index in [1.54, 1.807) is 6.20 Å². The third kappa shape index (κ3) is 3.23. The van der Waals surface area contributed by atoms with Crippen molar-refractivity contribution in [1.29, 1.82) is 0 Å². The summed E-state index contributed by atoms with van der Waals surface area (Å²) in [4.78, 5) is 19.3. The lowest BCUT2D eigenvalue weighted by Crippen LogP contribution is -2.46. The van der Waals surface area contributed by atoms with Crippen molar-refractivity contribution in [2.45, 2.75) is 31.7 Å². The number of Topliss-reactive ketones (excluding diaryl/α,β-unsaturated/α-hetero) is 1. The zero-order valence-electron chi connectivity index (χ0n) is 11.8. The van der Waals surface area contributed by atoms with Gasteiger partial charge in [-0.05, 0) is 55.9 Å². The number of hydrogen-bond acceptors (Lipinski definition) is 4. The Balaban J connectivity index is 1.64. The van der Waals surface area contributed by atoms with Crippen molar-refractivity contribution < 1.29 is 4.79 Å². The minimum Gasteiger partial charge on any atom is -0.300 e. The number of carbonyl (C=O) groups is 1. The molecule has 3 rings (SSSR count). The Bertz CT molecular complexity index is 445. The third-order valence-electron chi connectivity index (χ3n) is 4.45. The van der Waals surface area contributed by atoms with Crippen molar-refractivity contribution in [1.82, 2.24) is 9.88 Å². The maximum absolute atomic E-state index is 12.5. The van der Waals surface area contributed by atoms with Gasteiger partial charge in [-0.3, -0.25) is 14.7 Å². The van der Waals surface area contributed by atoms with E-state index < -0.39 is 0 Å². The number of nitrogens with zero attached hydrogens (tertiary/aromatic N) is 2. The predicted molar refractivity (Wildman–Crippen MR) is 83.2 cm³/mol. The normalized spacial score (nSPS) is 25.5. The number of piperidine rings is 1. The molecule has 108 valence electrons. The Kier molecular flexibility index (Phi) is 4.73. The number of hydrogen-bond donors (Lipinski definition) is 0. The maximum atomic E-state index is 12.5. The van der Waals surface area contributed by atoms with E-state index in [-0.39, 0.29) is 11.7 Å². The highest BCUT2D eigenvalue weighted by molar-refractivity contribution is 7.99. The van der Waals surface area contributed by atoms with Crippen LogP contribution in [-0.4, -0.2) is 46.3 Å². The molecule has 2 saturated heterocycles. The van der Waals surface area contributed by atoms with Crippen molar-refractivity contribution in [3.8, 4) is 0 Å². The Morgan fingerprint density at radius 2 is 2.10 bits per heavy atom. The third-order valence-corrected chi connectivity index (χ3v) is 5.50.